The summed E-state index contributed by atoms with van der Waals surface area (Å²) in [6, 6.07) is 9.70. The van der Waals surface area contributed by atoms with E-state index in [2.05, 4.69) is 33.1 Å². The zero-order valence-corrected chi connectivity index (χ0v) is 19.7. The van der Waals surface area contributed by atoms with Crippen LogP contribution in [0, 0.1) is 5.92 Å². The lowest BCUT2D eigenvalue weighted by Gasteiger charge is -2.30. The number of carbonyl (C=O) groups is 1. The Morgan fingerprint density at radius 3 is 2.87 bits per heavy atom. The Balaban J connectivity index is 1.31. The van der Waals surface area contributed by atoms with Crippen LogP contribution in [-0.2, 0) is 11.3 Å². The van der Waals surface area contributed by atoms with Crippen LogP contribution in [-0.4, -0.2) is 46.0 Å². The van der Waals surface area contributed by atoms with Crippen LogP contribution in [0.3, 0.4) is 0 Å². The summed E-state index contributed by atoms with van der Waals surface area (Å²) in [7, 11) is 0. The van der Waals surface area contributed by atoms with E-state index in [4.69, 9.17) is 0 Å². The van der Waals surface area contributed by atoms with Crippen LogP contribution >= 0.6 is 15.9 Å². The number of benzene rings is 1. The normalized spacial score (nSPS) is 17.4. The van der Waals surface area contributed by atoms with Crippen LogP contribution in [0.2, 0.25) is 0 Å². The maximum Gasteiger partial charge on any atom is 0.275 e. The van der Waals surface area contributed by atoms with Crippen LogP contribution in [0.25, 0.3) is 16.6 Å². The monoisotopic (exact) mass is 486 g/mol. The van der Waals surface area contributed by atoms with Crippen molar-refractivity contribution in [2.45, 2.75) is 45.6 Å². The molecule has 1 atom stereocenters. The fraction of sp³-hybridized carbons (Fsp3) is 0.500. The Morgan fingerprint density at radius 1 is 1.16 bits per heavy atom. The lowest BCUT2D eigenvalue weighted by Crippen LogP contribution is -2.36. The predicted octanol–water partition coefficient (Wildman–Crippen LogP) is 4.04. The van der Waals surface area contributed by atoms with E-state index in [1.54, 1.807) is 4.57 Å². The molecule has 0 aliphatic carbocycles. The number of aryl methyl sites for hydroxylation is 1. The second kappa shape index (κ2) is 10.0. The molecule has 166 valence electrons. The molecule has 1 aromatic carbocycles. The number of likely N-dealkylation sites (tertiary alicyclic amines) is 1. The van der Waals surface area contributed by atoms with Crippen molar-refractivity contribution < 1.29 is 4.79 Å². The summed E-state index contributed by atoms with van der Waals surface area (Å²) in [6.07, 6.45) is 6.58. The van der Waals surface area contributed by atoms with Crippen LogP contribution in [0.5, 0.6) is 0 Å². The highest BCUT2D eigenvalue weighted by Gasteiger charge is 2.15. The first-order valence-electron chi connectivity index (χ1n) is 11.3. The molecule has 0 bridgehead atoms. The average molecular weight is 487 g/mol. The van der Waals surface area contributed by atoms with Gasteiger partial charge in [-0.15, -0.1) is 0 Å². The molecule has 0 radical (unpaired) electrons. The third-order valence-electron chi connectivity index (χ3n) is 6.20. The molecular formula is C24H31BrN4O2. The van der Waals surface area contributed by atoms with E-state index >= 15 is 0 Å². The van der Waals surface area contributed by atoms with Gasteiger partial charge in [-0.1, -0.05) is 22.9 Å². The van der Waals surface area contributed by atoms with E-state index in [-0.39, 0.29) is 11.5 Å². The molecule has 1 N–H and O–H groups in total. The number of carbonyl (C=O) groups excluding carboxylic acids is 1. The summed E-state index contributed by atoms with van der Waals surface area (Å²) < 4.78 is 4.65. The largest absolute Gasteiger partial charge is 0.356 e. The Bertz CT molecular complexity index is 1120. The minimum Gasteiger partial charge on any atom is -0.356 e. The van der Waals surface area contributed by atoms with Crippen molar-refractivity contribution in [1.29, 1.82) is 0 Å². The molecule has 31 heavy (non-hydrogen) atoms. The Morgan fingerprint density at radius 2 is 2.03 bits per heavy atom. The van der Waals surface area contributed by atoms with Crippen LogP contribution < -0.4 is 10.9 Å². The fourth-order valence-corrected chi connectivity index (χ4v) is 5.01. The van der Waals surface area contributed by atoms with Gasteiger partial charge in [0.15, 0.2) is 0 Å². The SMILES string of the molecule is CC1CCCN(CCCNC(=O)CCCn2c(=O)c3cccn3c3ccc(Br)cc32)C1. The number of nitrogens with zero attached hydrogens (tertiary/aromatic N) is 3. The molecule has 1 aliphatic rings. The molecule has 4 rings (SSSR count). The fourth-order valence-electron chi connectivity index (χ4n) is 4.66. The van der Waals surface area contributed by atoms with Crippen LogP contribution in [0.1, 0.15) is 39.0 Å². The Labute approximate surface area is 191 Å². The molecule has 3 aromatic rings. The number of halogens is 1. The molecule has 2 aromatic heterocycles. The highest BCUT2D eigenvalue weighted by molar-refractivity contribution is 9.10. The second-order valence-electron chi connectivity index (χ2n) is 8.71. The minimum absolute atomic E-state index is 0.0215. The smallest absolute Gasteiger partial charge is 0.275 e. The maximum atomic E-state index is 13.0. The number of hydrogen-bond acceptors (Lipinski definition) is 3. The molecule has 7 heteroatoms. The summed E-state index contributed by atoms with van der Waals surface area (Å²) in [5.41, 5.74) is 2.50. The molecular weight excluding hydrogens is 456 g/mol. The van der Waals surface area contributed by atoms with Gasteiger partial charge in [0.25, 0.3) is 5.56 Å². The van der Waals surface area contributed by atoms with Crippen molar-refractivity contribution in [3.63, 3.8) is 0 Å². The summed E-state index contributed by atoms with van der Waals surface area (Å²) >= 11 is 3.51. The van der Waals surface area contributed by atoms with E-state index in [1.807, 2.05) is 40.9 Å². The topological polar surface area (TPSA) is 58.8 Å². The van der Waals surface area contributed by atoms with Crippen molar-refractivity contribution in [2.24, 2.45) is 5.92 Å². The van der Waals surface area contributed by atoms with Gasteiger partial charge in [0, 0.05) is 36.7 Å². The first-order valence-corrected chi connectivity index (χ1v) is 12.1. The molecule has 1 aliphatic heterocycles. The number of aromatic nitrogens is 2. The quantitative estimate of drug-likeness (QED) is 0.488. The van der Waals surface area contributed by atoms with Gasteiger partial charge >= 0.3 is 0 Å². The molecule has 1 amide bonds. The molecule has 6 nitrogen and oxygen atoms in total. The predicted molar refractivity (Wildman–Crippen MR) is 129 cm³/mol. The zero-order valence-electron chi connectivity index (χ0n) is 18.1. The third-order valence-corrected chi connectivity index (χ3v) is 6.69. The standard InChI is InChI=1S/C24H31BrN4O2/c1-18-6-2-12-27(17-18)13-5-11-26-23(30)8-4-15-29-22-16-19(25)9-10-20(22)28-14-3-7-21(28)24(29)31/h3,7,9-10,14,16,18H,2,4-6,8,11-13,15,17H2,1H3,(H,26,30). The van der Waals surface area contributed by atoms with Crippen LogP contribution in [0.15, 0.2) is 45.8 Å². The van der Waals surface area contributed by atoms with Gasteiger partial charge < -0.3 is 19.2 Å². The van der Waals surface area contributed by atoms with E-state index in [1.165, 1.54) is 25.9 Å². The van der Waals surface area contributed by atoms with Gasteiger partial charge in [0.2, 0.25) is 5.91 Å². The highest BCUT2D eigenvalue weighted by Crippen LogP contribution is 2.21. The van der Waals surface area contributed by atoms with Gasteiger partial charge in [-0.25, -0.2) is 0 Å². The first-order chi connectivity index (χ1) is 15.0. The molecule has 1 unspecified atom stereocenters. The molecule has 1 saturated heterocycles. The number of amides is 1. The Kier molecular flexibility index (Phi) is 7.13. The van der Waals surface area contributed by atoms with Crippen molar-refractivity contribution in [3.05, 3.63) is 51.4 Å². The summed E-state index contributed by atoms with van der Waals surface area (Å²) in [6.45, 7) is 6.97. The van der Waals surface area contributed by atoms with Crippen molar-refractivity contribution in [1.82, 2.24) is 19.2 Å². The Hall–Kier alpha value is -2.12. The number of piperidine rings is 1. The zero-order chi connectivity index (χ0) is 21.8. The van der Waals surface area contributed by atoms with Gasteiger partial charge in [-0.2, -0.15) is 0 Å². The summed E-state index contributed by atoms with van der Waals surface area (Å²) in [5, 5.41) is 3.04. The molecule has 1 fully saturated rings. The molecule has 3 heterocycles. The van der Waals surface area contributed by atoms with Gasteiger partial charge in [0.05, 0.1) is 11.0 Å². The van der Waals surface area contributed by atoms with Crippen molar-refractivity contribution >= 4 is 38.4 Å². The lowest BCUT2D eigenvalue weighted by atomic mass is 10.0. The number of nitrogens with one attached hydrogen (secondary N) is 1. The molecule has 0 spiro atoms. The number of fused-ring (bicyclic) bond motifs is 3. The van der Waals surface area contributed by atoms with Gasteiger partial charge in [0.1, 0.15) is 5.52 Å². The van der Waals surface area contributed by atoms with Gasteiger partial charge in [-0.05, 0) is 75.0 Å². The van der Waals surface area contributed by atoms with Gasteiger partial charge in [-0.3, -0.25) is 9.59 Å². The summed E-state index contributed by atoms with van der Waals surface area (Å²) in [5.74, 6) is 0.851. The van der Waals surface area contributed by atoms with E-state index in [9.17, 15) is 9.59 Å². The maximum absolute atomic E-state index is 13.0. The highest BCUT2D eigenvalue weighted by atomic mass is 79.9. The number of hydrogen-bond donors (Lipinski definition) is 1. The first kappa shape index (κ1) is 22.1. The van der Waals surface area contributed by atoms with Crippen LogP contribution in [0.4, 0.5) is 0 Å². The molecule has 0 saturated carbocycles. The van der Waals surface area contributed by atoms with Crippen molar-refractivity contribution in [3.8, 4) is 0 Å². The second-order valence-corrected chi connectivity index (χ2v) is 9.62. The van der Waals surface area contributed by atoms with E-state index < -0.39 is 0 Å². The number of rotatable bonds is 8. The average Bonchev–Trinajstić information content (AvgIpc) is 3.24. The minimum atomic E-state index is -0.0215. The third kappa shape index (κ3) is 5.21. The van der Waals surface area contributed by atoms with E-state index in [0.29, 0.717) is 24.9 Å². The van der Waals surface area contributed by atoms with E-state index in [0.717, 1.165) is 40.9 Å². The lowest BCUT2D eigenvalue weighted by molar-refractivity contribution is -0.121. The van der Waals surface area contributed by atoms with Crippen molar-refractivity contribution in [2.75, 3.05) is 26.2 Å². The summed E-state index contributed by atoms with van der Waals surface area (Å²) in [4.78, 5) is 27.8.